The molecule has 1 aliphatic carbocycles. The SMILES string of the molecule is CSCC[C@H](NC(=O)c1ccc(COC(COC(C)C)CC2CCCCC2)cc1-c1ccccc1C)C(=O)O. The molecule has 2 aromatic carbocycles. The van der Waals surface area contributed by atoms with Crippen molar-refractivity contribution in [2.75, 3.05) is 18.6 Å². The standard InChI is InChI=1S/C32H45NO5S/c1-22(2)37-21-26(18-24-11-6-5-7-12-24)38-20-25-14-15-28(29(19-25)27-13-9-8-10-23(27)3)31(34)33-30(32(35)36)16-17-39-4/h8-10,13-15,19,22,24,26,30H,5-7,11-12,16-18,20-21H2,1-4H3,(H,33,34)(H,35,36)/t26?,30-/m0/s1. The molecule has 1 saturated carbocycles. The summed E-state index contributed by atoms with van der Waals surface area (Å²) in [6.45, 7) is 7.11. The number of hydrogen-bond donors (Lipinski definition) is 2. The van der Waals surface area contributed by atoms with E-state index in [1.807, 2.05) is 63.4 Å². The van der Waals surface area contributed by atoms with Gasteiger partial charge >= 0.3 is 5.97 Å². The average molecular weight is 556 g/mol. The van der Waals surface area contributed by atoms with Crippen molar-refractivity contribution >= 4 is 23.6 Å². The first-order valence-corrected chi connectivity index (χ1v) is 15.6. The van der Waals surface area contributed by atoms with Gasteiger partial charge in [0.05, 0.1) is 25.4 Å². The Morgan fingerprint density at radius 3 is 2.46 bits per heavy atom. The number of aliphatic carboxylic acids is 1. The summed E-state index contributed by atoms with van der Waals surface area (Å²) in [5.74, 6) is -0.0654. The van der Waals surface area contributed by atoms with Crippen molar-refractivity contribution in [2.45, 2.75) is 90.6 Å². The van der Waals surface area contributed by atoms with E-state index in [9.17, 15) is 14.7 Å². The third kappa shape index (κ3) is 9.96. The van der Waals surface area contributed by atoms with Crippen molar-refractivity contribution in [3.63, 3.8) is 0 Å². The minimum atomic E-state index is -1.02. The topological polar surface area (TPSA) is 84.9 Å². The van der Waals surface area contributed by atoms with Gasteiger partial charge in [-0.05, 0) is 85.9 Å². The smallest absolute Gasteiger partial charge is 0.326 e. The van der Waals surface area contributed by atoms with Crippen LogP contribution in [0, 0.1) is 12.8 Å². The van der Waals surface area contributed by atoms with E-state index in [1.54, 1.807) is 17.8 Å². The molecule has 6 nitrogen and oxygen atoms in total. The number of carbonyl (C=O) groups is 2. The van der Waals surface area contributed by atoms with Crippen LogP contribution in [-0.2, 0) is 20.9 Å². The molecule has 0 bridgehead atoms. The number of nitrogens with one attached hydrogen (secondary N) is 1. The molecule has 2 atom stereocenters. The first-order valence-electron chi connectivity index (χ1n) is 14.2. The van der Waals surface area contributed by atoms with Gasteiger partial charge in [-0.2, -0.15) is 11.8 Å². The number of rotatable bonds is 15. The van der Waals surface area contributed by atoms with Crippen LogP contribution in [0.4, 0.5) is 0 Å². The normalized spacial score (nSPS) is 15.7. The molecule has 0 aromatic heterocycles. The zero-order chi connectivity index (χ0) is 28.2. The minimum Gasteiger partial charge on any atom is -0.480 e. The van der Waals surface area contributed by atoms with Crippen LogP contribution in [-0.4, -0.2) is 53.8 Å². The summed E-state index contributed by atoms with van der Waals surface area (Å²) in [5.41, 5.74) is 4.21. The van der Waals surface area contributed by atoms with Crippen LogP contribution in [0.5, 0.6) is 0 Å². The Morgan fingerprint density at radius 1 is 1.05 bits per heavy atom. The number of thioether (sulfide) groups is 1. The van der Waals surface area contributed by atoms with E-state index in [2.05, 4.69) is 5.32 Å². The molecule has 1 amide bonds. The van der Waals surface area contributed by atoms with Gasteiger partial charge in [-0.15, -0.1) is 0 Å². The van der Waals surface area contributed by atoms with E-state index in [0.29, 0.717) is 36.9 Å². The average Bonchev–Trinajstić information content (AvgIpc) is 2.93. The van der Waals surface area contributed by atoms with Crippen LogP contribution < -0.4 is 5.32 Å². The molecule has 1 aliphatic rings. The van der Waals surface area contributed by atoms with Gasteiger partial charge in [0.2, 0.25) is 0 Å². The van der Waals surface area contributed by atoms with Crippen LogP contribution in [0.2, 0.25) is 0 Å². The maximum Gasteiger partial charge on any atom is 0.326 e. The fourth-order valence-corrected chi connectivity index (χ4v) is 5.67. The highest BCUT2D eigenvalue weighted by Crippen LogP contribution is 2.31. The molecule has 7 heteroatoms. The monoisotopic (exact) mass is 555 g/mol. The van der Waals surface area contributed by atoms with Crippen molar-refractivity contribution < 1.29 is 24.2 Å². The van der Waals surface area contributed by atoms with Gasteiger partial charge in [-0.1, -0.05) is 62.4 Å². The van der Waals surface area contributed by atoms with Crippen molar-refractivity contribution in [3.8, 4) is 11.1 Å². The third-order valence-corrected chi connectivity index (χ3v) is 8.04. The lowest BCUT2D eigenvalue weighted by molar-refractivity contribution is -0.139. The summed E-state index contributed by atoms with van der Waals surface area (Å²) in [5, 5.41) is 12.4. The van der Waals surface area contributed by atoms with E-state index in [0.717, 1.165) is 28.7 Å². The molecule has 2 N–H and O–H groups in total. The van der Waals surface area contributed by atoms with E-state index in [1.165, 1.54) is 32.1 Å². The highest BCUT2D eigenvalue weighted by Gasteiger charge is 2.24. The summed E-state index contributed by atoms with van der Waals surface area (Å²) in [6.07, 6.45) is 9.92. The first kappa shape index (κ1) is 31.2. The van der Waals surface area contributed by atoms with Crippen molar-refractivity contribution in [2.24, 2.45) is 5.92 Å². The number of carboxylic acids is 1. The highest BCUT2D eigenvalue weighted by atomic mass is 32.2. The maximum atomic E-state index is 13.3. The molecule has 0 saturated heterocycles. The number of ether oxygens (including phenoxy) is 2. The van der Waals surface area contributed by atoms with Gasteiger partial charge in [-0.3, -0.25) is 4.79 Å². The quantitative estimate of drug-likeness (QED) is 0.249. The molecule has 0 heterocycles. The second-order valence-electron chi connectivity index (χ2n) is 10.9. The van der Waals surface area contributed by atoms with Gasteiger partial charge < -0.3 is 19.9 Å². The summed E-state index contributed by atoms with van der Waals surface area (Å²) >= 11 is 1.56. The fraction of sp³-hybridized carbons (Fsp3) is 0.562. The first-order chi connectivity index (χ1) is 18.8. The van der Waals surface area contributed by atoms with Gasteiger partial charge in [0.1, 0.15) is 6.04 Å². The molecule has 1 fully saturated rings. The van der Waals surface area contributed by atoms with Crippen molar-refractivity contribution in [1.29, 1.82) is 0 Å². The summed E-state index contributed by atoms with van der Waals surface area (Å²) in [7, 11) is 0. The molecule has 3 rings (SSSR count). The number of hydrogen-bond acceptors (Lipinski definition) is 5. The predicted octanol–water partition coefficient (Wildman–Crippen LogP) is 6.88. The summed E-state index contributed by atoms with van der Waals surface area (Å²) in [6, 6.07) is 12.7. The second kappa shape index (κ2) is 16.0. The second-order valence-corrected chi connectivity index (χ2v) is 11.9. The van der Waals surface area contributed by atoms with Crippen LogP contribution >= 0.6 is 11.8 Å². The summed E-state index contributed by atoms with van der Waals surface area (Å²) < 4.78 is 12.4. The molecular weight excluding hydrogens is 510 g/mol. The largest absolute Gasteiger partial charge is 0.480 e. The number of benzene rings is 2. The Labute approximate surface area is 238 Å². The van der Waals surface area contributed by atoms with Gasteiger partial charge in [-0.25, -0.2) is 4.79 Å². The third-order valence-electron chi connectivity index (χ3n) is 7.40. The molecule has 39 heavy (non-hydrogen) atoms. The molecular formula is C32H45NO5S. The fourth-order valence-electron chi connectivity index (χ4n) is 5.20. The van der Waals surface area contributed by atoms with Gasteiger partial charge in [0, 0.05) is 5.56 Å². The van der Waals surface area contributed by atoms with E-state index in [-0.39, 0.29) is 18.1 Å². The highest BCUT2D eigenvalue weighted by molar-refractivity contribution is 7.98. The molecule has 0 aliphatic heterocycles. The van der Waals surface area contributed by atoms with E-state index in [4.69, 9.17) is 9.47 Å². The van der Waals surface area contributed by atoms with Gasteiger partial charge in [0.15, 0.2) is 0 Å². The van der Waals surface area contributed by atoms with Crippen LogP contribution in [0.25, 0.3) is 11.1 Å². The lowest BCUT2D eigenvalue weighted by atomic mass is 9.85. The lowest BCUT2D eigenvalue weighted by Crippen LogP contribution is -2.41. The van der Waals surface area contributed by atoms with Crippen LogP contribution in [0.1, 0.15) is 80.3 Å². The minimum absolute atomic E-state index is 0.0214. The number of carboxylic acid groups (broad SMARTS) is 1. The van der Waals surface area contributed by atoms with Crippen molar-refractivity contribution in [3.05, 3.63) is 59.2 Å². The van der Waals surface area contributed by atoms with Crippen LogP contribution in [0.15, 0.2) is 42.5 Å². The molecule has 214 valence electrons. The molecule has 0 radical (unpaired) electrons. The van der Waals surface area contributed by atoms with Crippen LogP contribution in [0.3, 0.4) is 0 Å². The maximum absolute atomic E-state index is 13.3. The number of carbonyl (C=O) groups excluding carboxylic acids is 1. The number of amides is 1. The lowest BCUT2D eigenvalue weighted by Gasteiger charge is -2.27. The molecule has 2 aromatic rings. The zero-order valence-electron chi connectivity index (χ0n) is 23.9. The number of aryl methyl sites for hydroxylation is 1. The Balaban J connectivity index is 1.82. The van der Waals surface area contributed by atoms with Crippen molar-refractivity contribution in [1.82, 2.24) is 5.32 Å². The molecule has 1 unspecified atom stereocenters. The van der Waals surface area contributed by atoms with E-state index >= 15 is 0 Å². The Bertz CT molecular complexity index is 1070. The molecule has 0 spiro atoms. The van der Waals surface area contributed by atoms with Gasteiger partial charge in [0.25, 0.3) is 5.91 Å². The Hall–Kier alpha value is -2.35. The van der Waals surface area contributed by atoms with E-state index < -0.39 is 12.0 Å². The summed E-state index contributed by atoms with van der Waals surface area (Å²) in [4.78, 5) is 25.1. The zero-order valence-corrected chi connectivity index (χ0v) is 24.7. The Kier molecular flexibility index (Phi) is 12.8. The predicted molar refractivity (Wildman–Crippen MR) is 159 cm³/mol. The Morgan fingerprint density at radius 2 is 1.79 bits per heavy atom.